The first-order valence-corrected chi connectivity index (χ1v) is 8.83. The van der Waals surface area contributed by atoms with Gasteiger partial charge in [0.05, 0.1) is 0 Å². The van der Waals surface area contributed by atoms with Gasteiger partial charge in [-0.2, -0.15) is 0 Å². The molecule has 4 rings (SSSR count). The number of hydrogen-bond acceptors (Lipinski definition) is 3. The number of fused-ring (bicyclic) bond motifs is 1. The van der Waals surface area contributed by atoms with E-state index in [-0.39, 0.29) is 0 Å². The fraction of sp³-hybridized carbons (Fsp3) is 0.263. The Hall–Kier alpha value is -1.87. The SMILES string of the molecule is CSc1ccc(-c2cc3c(cc2C=C2CCC2)OCO3)cc1. The van der Waals surface area contributed by atoms with Gasteiger partial charge in [-0.3, -0.25) is 0 Å². The Bertz CT molecular complexity index is 726. The Morgan fingerprint density at radius 1 is 1.00 bits per heavy atom. The van der Waals surface area contributed by atoms with Crippen LogP contribution in [-0.2, 0) is 0 Å². The maximum Gasteiger partial charge on any atom is 0.231 e. The second-order valence-electron chi connectivity index (χ2n) is 5.68. The summed E-state index contributed by atoms with van der Waals surface area (Å²) in [5.41, 5.74) is 5.20. The minimum absolute atomic E-state index is 0.320. The Morgan fingerprint density at radius 3 is 2.36 bits per heavy atom. The lowest BCUT2D eigenvalue weighted by atomic mass is 9.88. The van der Waals surface area contributed by atoms with E-state index < -0.39 is 0 Å². The minimum atomic E-state index is 0.320. The summed E-state index contributed by atoms with van der Waals surface area (Å²) in [7, 11) is 0. The van der Waals surface area contributed by atoms with Crippen LogP contribution in [0.2, 0.25) is 0 Å². The highest BCUT2D eigenvalue weighted by Gasteiger charge is 2.18. The first-order valence-electron chi connectivity index (χ1n) is 7.61. The quantitative estimate of drug-likeness (QED) is 0.710. The molecule has 2 aliphatic rings. The number of hydrogen-bond donors (Lipinski definition) is 0. The molecule has 0 amide bonds. The molecule has 0 aromatic heterocycles. The van der Waals surface area contributed by atoms with Crippen LogP contribution in [0.25, 0.3) is 17.2 Å². The number of thioether (sulfide) groups is 1. The molecule has 1 heterocycles. The van der Waals surface area contributed by atoms with Crippen LogP contribution in [0.1, 0.15) is 24.8 Å². The Morgan fingerprint density at radius 2 is 1.73 bits per heavy atom. The summed E-state index contributed by atoms with van der Waals surface area (Å²) in [5.74, 6) is 1.70. The van der Waals surface area contributed by atoms with E-state index in [1.165, 1.54) is 46.4 Å². The van der Waals surface area contributed by atoms with Crippen molar-refractivity contribution >= 4 is 17.8 Å². The summed E-state index contributed by atoms with van der Waals surface area (Å²) < 4.78 is 11.1. The zero-order valence-electron chi connectivity index (χ0n) is 12.6. The lowest BCUT2D eigenvalue weighted by Crippen LogP contribution is -1.96. The maximum atomic E-state index is 5.56. The normalized spacial score (nSPS) is 15.6. The van der Waals surface area contributed by atoms with E-state index in [4.69, 9.17) is 9.47 Å². The zero-order valence-corrected chi connectivity index (χ0v) is 13.4. The largest absolute Gasteiger partial charge is 0.454 e. The molecular formula is C19H18O2S. The van der Waals surface area contributed by atoms with E-state index in [0.717, 1.165) is 11.5 Å². The number of rotatable bonds is 3. The Kier molecular flexibility index (Phi) is 3.59. The van der Waals surface area contributed by atoms with Gasteiger partial charge in [0, 0.05) is 4.90 Å². The molecule has 2 aromatic carbocycles. The van der Waals surface area contributed by atoms with Gasteiger partial charge in [-0.15, -0.1) is 11.8 Å². The van der Waals surface area contributed by atoms with Crippen LogP contribution >= 0.6 is 11.8 Å². The van der Waals surface area contributed by atoms with Crippen molar-refractivity contribution in [2.75, 3.05) is 13.0 Å². The van der Waals surface area contributed by atoms with Gasteiger partial charge in [-0.1, -0.05) is 23.8 Å². The van der Waals surface area contributed by atoms with E-state index in [1.54, 1.807) is 11.8 Å². The van der Waals surface area contributed by atoms with E-state index in [9.17, 15) is 0 Å². The standard InChI is InChI=1S/C19H18O2S/c1-22-16-7-5-14(6-8-16)17-11-19-18(20-12-21-19)10-15(17)9-13-3-2-4-13/h5-11H,2-4,12H2,1H3. The molecule has 1 saturated carbocycles. The van der Waals surface area contributed by atoms with Gasteiger partial charge >= 0.3 is 0 Å². The molecule has 0 atom stereocenters. The van der Waals surface area contributed by atoms with Crippen molar-refractivity contribution in [2.45, 2.75) is 24.2 Å². The smallest absolute Gasteiger partial charge is 0.231 e. The molecule has 0 unspecified atom stereocenters. The van der Waals surface area contributed by atoms with Gasteiger partial charge in [-0.05, 0) is 66.5 Å². The van der Waals surface area contributed by atoms with E-state index in [2.05, 4.69) is 48.7 Å². The molecule has 1 aliphatic carbocycles. The molecule has 2 nitrogen and oxygen atoms in total. The first-order chi connectivity index (χ1) is 10.8. The lowest BCUT2D eigenvalue weighted by molar-refractivity contribution is 0.174. The Labute approximate surface area is 135 Å². The average Bonchev–Trinajstić information content (AvgIpc) is 2.97. The fourth-order valence-electron chi connectivity index (χ4n) is 2.84. The number of allylic oxidation sites excluding steroid dienone is 1. The second kappa shape index (κ2) is 5.73. The first kappa shape index (κ1) is 13.8. The van der Waals surface area contributed by atoms with Crippen LogP contribution in [-0.4, -0.2) is 13.0 Å². The molecule has 1 aliphatic heterocycles. The highest BCUT2D eigenvalue weighted by molar-refractivity contribution is 7.98. The van der Waals surface area contributed by atoms with E-state index in [1.807, 2.05) is 0 Å². The van der Waals surface area contributed by atoms with Crippen molar-refractivity contribution in [3.8, 4) is 22.6 Å². The van der Waals surface area contributed by atoms with Crippen LogP contribution in [0.5, 0.6) is 11.5 Å². The molecule has 0 bridgehead atoms. The van der Waals surface area contributed by atoms with Crippen LogP contribution in [0.3, 0.4) is 0 Å². The van der Waals surface area contributed by atoms with Crippen molar-refractivity contribution in [1.82, 2.24) is 0 Å². The van der Waals surface area contributed by atoms with Crippen molar-refractivity contribution < 1.29 is 9.47 Å². The van der Waals surface area contributed by atoms with Gasteiger partial charge < -0.3 is 9.47 Å². The number of ether oxygens (including phenoxy) is 2. The predicted molar refractivity (Wildman–Crippen MR) is 91.6 cm³/mol. The molecular weight excluding hydrogens is 292 g/mol. The van der Waals surface area contributed by atoms with Gasteiger partial charge in [0.15, 0.2) is 11.5 Å². The van der Waals surface area contributed by atoms with Crippen LogP contribution in [0, 0.1) is 0 Å². The fourth-order valence-corrected chi connectivity index (χ4v) is 3.25. The van der Waals surface area contributed by atoms with Gasteiger partial charge in [0.25, 0.3) is 0 Å². The summed E-state index contributed by atoms with van der Waals surface area (Å²) in [4.78, 5) is 1.28. The summed E-state index contributed by atoms with van der Waals surface area (Å²) in [6, 6.07) is 12.9. The monoisotopic (exact) mass is 310 g/mol. The molecule has 112 valence electrons. The van der Waals surface area contributed by atoms with Gasteiger partial charge in [0.1, 0.15) is 0 Å². The Balaban J connectivity index is 1.81. The highest BCUT2D eigenvalue weighted by Crippen LogP contribution is 2.41. The number of benzene rings is 2. The van der Waals surface area contributed by atoms with E-state index >= 15 is 0 Å². The van der Waals surface area contributed by atoms with Crippen LogP contribution in [0.4, 0.5) is 0 Å². The van der Waals surface area contributed by atoms with Crippen molar-refractivity contribution in [3.05, 3.63) is 47.5 Å². The summed E-state index contributed by atoms with van der Waals surface area (Å²) in [6.45, 7) is 0.320. The molecule has 1 fully saturated rings. The third kappa shape index (κ3) is 2.50. The van der Waals surface area contributed by atoms with Crippen LogP contribution in [0.15, 0.2) is 46.9 Å². The van der Waals surface area contributed by atoms with Crippen molar-refractivity contribution in [1.29, 1.82) is 0 Å². The van der Waals surface area contributed by atoms with Gasteiger partial charge in [-0.25, -0.2) is 0 Å². The van der Waals surface area contributed by atoms with Crippen molar-refractivity contribution in [3.63, 3.8) is 0 Å². The summed E-state index contributed by atoms with van der Waals surface area (Å²) in [6.07, 6.45) is 8.18. The van der Waals surface area contributed by atoms with Crippen LogP contribution < -0.4 is 9.47 Å². The topological polar surface area (TPSA) is 18.5 Å². The molecule has 0 N–H and O–H groups in total. The zero-order chi connectivity index (χ0) is 14.9. The van der Waals surface area contributed by atoms with Gasteiger partial charge in [0.2, 0.25) is 6.79 Å². The van der Waals surface area contributed by atoms with E-state index in [0.29, 0.717) is 6.79 Å². The summed E-state index contributed by atoms with van der Waals surface area (Å²) >= 11 is 1.76. The molecule has 0 spiro atoms. The summed E-state index contributed by atoms with van der Waals surface area (Å²) in [5, 5.41) is 0. The molecule has 0 radical (unpaired) electrons. The molecule has 2 aromatic rings. The second-order valence-corrected chi connectivity index (χ2v) is 6.56. The van der Waals surface area contributed by atoms with Crippen molar-refractivity contribution in [2.24, 2.45) is 0 Å². The molecule has 22 heavy (non-hydrogen) atoms. The average molecular weight is 310 g/mol. The minimum Gasteiger partial charge on any atom is -0.454 e. The molecule has 0 saturated heterocycles. The lowest BCUT2D eigenvalue weighted by Gasteiger charge is -2.17. The molecule has 3 heteroatoms. The third-order valence-corrected chi connectivity index (χ3v) is 5.04. The third-order valence-electron chi connectivity index (χ3n) is 4.30. The maximum absolute atomic E-state index is 5.56. The predicted octanol–water partition coefficient (Wildman–Crippen LogP) is 5.37. The highest BCUT2D eigenvalue weighted by atomic mass is 32.2.